The molecular formula is C27H25NO4. The number of rotatable bonds is 5. The van der Waals surface area contributed by atoms with Crippen LogP contribution in [0.5, 0.6) is 11.5 Å². The maximum absolute atomic E-state index is 13.4. The first-order valence-electron chi connectivity index (χ1n) is 11.0. The molecule has 162 valence electrons. The summed E-state index contributed by atoms with van der Waals surface area (Å²) in [6.45, 7) is 1.60. The van der Waals surface area contributed by atoms with Crippen LogP contribution in [0.1, 0.15) is 40.4 Å². The molecule has 32 heavy (non-hydrogen) atoms. The monoisotopic (exact) mass is 427 g/mol. The Morgan fingerprint density at radius 2 is 1.62 bits per heavy atom. The van der Waals surface area contributed by atoms with Gasteiger partial charge in [0.15, 0.2) is 5.76 Å². The van der Waals surface area contributed by atoms with Crippen molar-refractivity contribution in [3.63, 3.8) is 0 Å². The molecule has 0 radical (unpaired) electrons. The molecule has 0 aliphatic carbocycles. The lowest BCUT2D eigenvalue weighted by Gasteiger charge is -2.32. The number of hydrogen-bond donors (Lipinski definition) is 1. The van der Waals surface area contributed by atoms with Gasteiger partial charge in [0.05, 0.1) is 0 Å². The maximum atomic E-state index is 13.4. The molecule has 0 atom stereocenters. The Morgan fingerprint density at radius 3 is 2.38 bits per heavy atom. The van der Waals surface area contributed by atoms with Gasteiger partial charge in [-0.1, -0.05) is 48.5 Å². The highest BCUT2D eigenvalue weighted by Gasteiger charge is 2.29. The fourth-order valence-electron chi connectivity index (χ4n) is 4.39. The summed E-state index contributed by atoms with van der Waals surface area (Å²) in [6, 6.07) is 24.7. The van der Waals surface area contributed by atoms with Crippen LogP contribution >= 0.6 is 0 Å². The van der Waals surface area contributed by atoms with E-state index in [-0.39, 0.29) is 18.3 Å². The second-order valence-corrected chi connectivity index (χ2v) is 8.17. The molecule has 1 aliphatic heterocycles. The summed E-state index contributed by atoms with van der Waals surface area (Å²) < 4.78 is 12.0. The van der Waals surface area contributed by atoms with Crippen molar-refractivity contribution in [2.75, 3.05) is 13.1 Å². The number of benzene rings is 3. The van der Waals surface area contributed by atoms with Gasteiger partial charge < -0.3 is 19.2 Å². The topological polar surface area (TPSA) is 62.9 Å². The van der Waals surface area contributed by atoms with E-state index in [0.717, 1.165) is 29.5 Å². The number of furan rings is 1. The summed E-state index contributed by atoms with van der Waals surface area (Å²) in [4.78, 5) is 15.3. The maximum Gasteiger partial charge on any atom is 0.290 e. The molecule has 4 aromatic rings. The molecule has 1 N–H and O–H groups in total. The Morgan fingerprint density at radius 1 is 0.938 bits per heavy atom. The fourth-order valence-corrected chi connectivity index (χ4v) is 4.39. The SMILES string of the molecule is O=C(c1oc2ccccc2c1COc1ccccc1)N1CCC(c2ccc(O)cc2)CC1. The van der Waals surface area contributed by atoms with Crippen LogP contribution < -0.4 is 4.74 Å². The normalized spacial score (nSPS) is 14.6. The summed E-state index contributed by atoms with van der Waals surface area (Å²) in [5.74, 6) is 1.70. The zero-order chi connectivity index (χ0) is 21.9. The van der Waals surface area contributed by atoms with E-state index < -0.39 is 0 Å². The minimum Gasteiger partial charge on any atom is -0.508 e. The van der Waals surface area contributed by atoms with Crippen molar-refractivity contribution in [1.82, 2.24) is 4.90 Å². The Labute approximate surface area is 186 Å². The van der Waals surface area contributed by atoms with Crippen molar-refractivity contribution in [2.45, 2.75) is 25.4 Å². The third-order valence-corrected chi connectivity index (χ3v) is 6.17. The van der Waals surface area contributed by atoms with Gasteiger partial charge in [-0.3, -0.25) is 4.79 Å². The smallest absolute Gasteiger partial charge is 0.290 e. The number of piperidine rings is 1. The Kier molecular flexibility index (Phi) is 5.55. The largest absolute Gasteiger partial charge is 0.508 e. The van der Waals surface area contributed by atoms with E-state index in [1.165, 1.54) is 5.56 Å². The number of likely N-dealkylation sites (tertiary alicyclic amines) is 1. The Hall–Kier alpha value is -3.73. The molecule has 1 aliphatic rings. The standard InChI is InChI=1S/C27H25NO4/c29-21-12-10-19(11-13-21)20-14-16-28(17-15-20)27(30)26-24(18-31-22-6-2-1-3-7-22)23-8-4-5-9-25(23)32-26/h1-13,20,29H,14-18H2. The molecule has 0 saturated carbocycles. The van der Waals surface area contributed by atoms with Crippen LogP contribution in [0.3, 0.4) is 0 Å². The van der Waals surface area contributed by atoms with Crippen LogP contribution in [-0.4, -0.2) is 29.0 Å². The zero-order valence-electron chi connectivity index (χ0n) is 17.7. The number of aromatic hydroxyl groups is 1. The molecule has 2 heterocycles. The summed E-state index contributed by atoms with van der Waals surface area (Å²) in [7, 11) is 0. The minimum absolute atomic E-state index is 0.0861. The van der Waals surface area contributed by atoms with Gasteiger partial charge in [0.2, 0.25) is 0 Å². The van der Waals surface area contributed by atoms with Crippen molar-refractivity contribution < 1.29 is 19.1 Å². The quantitative estimate of drug-likeness (QED) is 0.441. The Bertz CT molecular complexity index is 1210. The first-order chi connectivity index (χ1) is 15.7. The van der Waals surface area contributed by atoms with E-state index in [0.29, 0.717) is 30.4 Å². The predicted octanol–water partition coefficient (Wildman–Crippen LogP) is 5.74. The first-order valence-corrected chi connectivity index (χ1v) is 11.0. The van der Waals surface area contributed by atoms with Crippen LogP contribution in [0.2, 0.25) is 0 Å². The molecule has 5 nitrogen and oxygen atoms in total. The molecule has 0 spiro atoms. The minimum atomic E-state index is -0.0861. The molecular weight excluding hydrogens is 402 g/mol. The number of nitrogens with zero attached hydrogens (tertiary/aromatic N) is 1. The first kappa shape index (κ1) is 20.2. The highest BCUT2D eigenvalue weighted by Crippen LogP contribution is 2.32. The van der Waals surface area contributed by atoms with E-state index in [1.54, 1.807) is 12.1 Å². The van der Waals surface area contributed by atoms with Crippen LogP contribution in [0.15, 0.2) is 83.3 Å². The highest BCUT2D eigenvalue weighted by atomic mass is 16.5. The van der Waals surface area contributed by atoms with Crippen molar-refractivity contribution in [2.24, 2.45) is 0 Å². The average Bonchev–Trinajstić information content (AvgIpc) is 3.22. The van der Waals surface area contributed by atoms with Gasteiger partial charge in [-0.25, -0.2) is 0 Å². The van der Waals surface area contributed by atoms with Crippen LogP contribution in [0.25, 0.3) is 11.0 Å². The number of carbonyl (C=O) groups is 1. The van der Waals surface area contributed by atoms with Gasteiger partial charge in [-0.05, 0) is 54.7 Å². The summed E-state index contributed by atoms with van der Waals surface area (Å²) in [6.07, 6.45) is 1.76. The predicted molar refractivity (Wildman–Crippen MR) is 123 cm³/mol. The van der Waals surface area contributed by atoms with Crippen molar-refractivity contribution in [3.8, 4) is 11.5 Å². The van der Waals surface area contributed by atoms with Gasteiger partial charge in [-0.15, -0.1) is 0 Å². The molecule has 5 rings (SSSR count). The van der Waals surface area contributed by atoms with Crippen molar-refractivity contribution in [1.29, 1.82) is 0 Å². The lowest BCUT2D eigenvalue weighted by atomic mass is 9.89. The van der Waals surface area contributed by atoms with Gasteiger partial charge in [-0.2, -0.15) is 0 Å². The number of fused-ring (bicyclic) bond motifs is 1. The van der Waals surface area contributed by atoms with Gasteiger partial charge in [0.1, 0.15) is 23.7 Å². The molecule has 3 aromatic carbocycles. The number of amides is 1. The molecule has 0 unspecified atom stereocenters. The summed E-state index contributed by atoms with van der Waals surface area (Å²) in [5.41, 5.74) is 2.69. The van der Waals surface area contributed by atoms with Crippen molar-refractivity contribution >= 4 is 16.9 Å². The van der Waals surface area contributed by atoms with Gasteiger partial charge in [0, 0.05) is 24.0 Å². The lowest BCUT2D eigenvalue weighted by Crippen LogP contribution is -2.38. The third-order valence-electron chi connectivity index (χ3n) is 6.17. The summed E-state index contributed by atoms with van der Waals surface area (Å²) in [5, 5.41) is 10.4. The van der Waals surface area contributed by atoms with Crippen LogP contribution in [0.4, 0.5) is 0 Å². The van der Waals surface area contributed by atoms with Gasteiger partial charge >= 0.3 is 0 Å². The highest BCUT2D eigenvalue weighted by molar-refractivity contribution is 5.99. The fraction of sp³-hybridized carbons (Fsp3) is 0.222. The van der Waals surface area contributed by atoms with Crippen molar-refractivity contribution in [3.05, 3.63) is 95.7 Å². The zero-order valence-corrected chi connectivity index (χ0v) is 17.7. The molecule has 1 saturated heterocycles. The number of ether oxygens (including phenoxy) is 1. The van der Waals surface area contributed by atoms with E-state index in [2.05, 4.69) is 0 Å². The summed E-state index contributed by atoms with van der Waals surface area (Å²) >= 11 is 0. The second kappa shape index (κ2) is 8.79. The van der Waals surface area contributed by atoms with E-state index >= 15 is 0 Å². The second-order valence-electron chi connectivity index (χ2n) is 8.17. The number of para-hydroxylation sites is 2. The van der Waals surface area contributed by atoms with E-state index in [4.69, 9.17) is 9.15 Å². The van der Waals surface area contributed by atoms with E-state index in [9.17, 15) is 9.90 Å². The molecule has 1 amide bonds. The average molecular weight is 428 g/mol. The van der Waals surface area contributed by atoms with Crippen LogP contribution in [0, 0.1) is 0 Å². The number of phenolic OH excluding ortho intramolecular Hbond substituents is 1. The lowest BCUT2D eigenvalue weighted by molar-refractivity contribution is 0.0679. The number of phenols is 1. The molecule has 5 heteroatoms. The van der Waals surface area contributed by atoms with Gasteiger partial charge in [0.25, 0.3) is 5.91 Å². The third kappa shape index (κ3) is 4.06. The Balaban J connectivity index is 1.34. The molecule has 0 bridgehead atoms. The molecule has 1 fully saturated rings. The van der Waals surface area contributed by atoms with E-state index in [1.807, 2.05) is 71.6 Å². The number of carbonyl (C=O) groups excluding carboxylic acids is 1. The number of hydrogen-bond acceptors (Lipinski definition) is 4. The molecule has 1 aromatic heterocycles. The van der Waals surface area contributed by atoms with Crippen LogP contribution in [-0.2, 0) is 6.61 Å².